The van der Waals surface area contributed by atoms with Crippen molar-refractivity contribution in [3.8, 4) is 0 Å². The molecule has 3 heterocycles. The molecule has 0 amide bonds. The topological polar surface area (TPSA) is 46.0 Å². The Morgan fingerprint density at radius 2 is 2.04 bits per heavy atom. The number of halogens is 2. The molecule has 1 N–H and O–H groups in total. The summed E-state index contributed by atoms with van der Waals surface area (Å²) in [6.45, 7) is 3.76. The smallest absolute Gasteiger partial charge is 0.123 e. The minimum Gasteiger partial charge on any atom is -0.330 e. The molecule has 1 fully saturated rings. The minimum absolute atomic E-state index is 0. The maximum Gasteiger partial charge on any atom is 0.123 e. The third-order valence-electron chi connectivity index (χ3n) is 4.73. The Kier molecular flexibility index (Phi) is 5.59. The summed E-state index contributed by atoms with van der Waals surface area (Å²) in [4.78, 5) is 11.4. The Hall–Kier alpha value is -1.66. The second-order valence-electron chi connectivity index (χ2n) is 6.19. The Morgan fingerprint density at radius 3 is 2.84 bits per heavy atom. The summed E-state index contributed by atoms with van der Waals surface area (Å²) in [6.07, 6.45) is 3.72. The van der Waals surface area contributed by atoms with Crippen LogP contribution >= 0.6 is 24.0 Å². The molecule has 1 unspecified atom stereocenters. The fourth-order valence-electron chi connectivity index (χ4n) is 3.39. The second-order valence-corrected chi connectivity index (χ2v) is 6.63. The highest BCUT2D eigenvalue weighted by molar-refractivity contribution is 6.31. The summed E-state index contributed by atoms with van der Waals surface area (Å²) < 4.78 is 2.15. The van der Waals surface area contributed by atoms with Crippen LogP contribution in [-0.2, 0) is 13.6 Å². The summed E-state index contributed by atoms with van der Waals surface area (Å²) in [5, 5.41) is 4.24. The molecule has 0 radical (unpaired) electrons. The molecule has 132 valence electrons. The number of pyridine rings is 1. The zero-order valence-electron chi connectivity index (χ0n) is 14.0. The fraction of sp³-hybridized carbons (Fsp3) is 0.333. The van der Waals surface area contributed by atoms with Gasteiger partial charge in [0.05, 0.1) is 17.6 Å². The molecule has 1 saturated heterocycles. The molecule has 1 aliphatic rings. The van der Waals surface area contributed by atoms with E-state index in [9.17, 15) is 0 Å². The van der Waals surface area contributed by atoms with E-state index in [4.69, 9.17) is 16.6 Å². The number of aromatic nitrogens is 3. The van der Waals surface area contributed by atoms with Crippen molar-refractivity contribution in [3.05, 3.63) is 59.1 Å². The van der Waals surface area contributed by atoms with Crippen LogP contribution in [0.3, 0.4) is 0 Å². The molecule has 0 saturated carbocycles. The third kappa shape index (κ3) is 3.65. The van der Waals surface area contributed by atoms with Crippen molar-refractivity contribution < 1.29 is 0 Å². The van der Waals surface area contributed by atoms with Gasteiger partial charge >= 0.3 is 0 Å². The van der Waals surface area contributed by atoms with Gasteiger partial charge in [-0.15, -0.1) is 12.4 Å². The van der Waals surface area contributed by atoms with Crippen LogP contribution in [0.15, 0.2) is 42.7 Å². The average molecular weight is 378 g/mol. The van der Waals surface area contributed by atoms with Gasteiger partial charge in [0.2, 0.25) is 0 Å². The first-order valence-electron chi connectivity index (χ1n) is 8.18. The molecule has 0 aliphatic carbocycles. The molecule has 1 atom stereocenters. The predicted molar refractivity (Wildman–Crippen MR) is 103 cm³/mol. The average Bonchev–Trinajstić information content (AvgIpc) is 2.92. The van der Waals surface area contributed by atoms with Crippen molar-refractivity contribution >= 4 is 35.0 Å². The monoisotopic (exact) mass is 377 g/mol. The van der Waals surface area contributed by atoms with Crippen molar-refractivity contribution in [1.82, 2.24) is 24.8 Å². The molecule has 2 aromatic heterocycles. The summed E-state index contributed by atoms with van der Waals surface area (Å²) in [5.74, 6) is 1.06. The van der Waals surface area contributed by atoms with Crippen molar-refractivity contribution in [3.63, 3.8) is 0 Å². The summed E-state index contributed by atoms with van der Waals surface area (Å²) >= 11 is 6.13. The minimum atomic E-state index is 0. The zero-order valence-corrected chi connectivity index (χ0v) is 15.6. The number of hydrogen-bond acceptors (Lipinski definition) is 4. The number of nitrogens with one attached hydrogen (secondary N) is 1. The number of rotatable bonds is 3. The van der Waals surface area contributed by atoms with Crippen LogP contribution < -0.4 is 5.32 Å². The first-order chi connectivity index (χ1) is 11.7. The van der Waals surface area contributed by atoms with Crippen LogP contribution in [0.25, 0.3) is 11.0 Å². The van der Waals surface area contributed by atoms with Gasteiger partial charge in [-0.3, -0.25) is 9.88 Å². The normalized spacial score (nSPS) is 18.2. The van der Waals surface area contributed by atoms with E-state index in [1.54, 1.807) is 0 Å². The molecule has 1 aliphatic heterocycles. The van der Waals surface area contributed by atoms with Crippen molar-refractivity contribution in [2.24, 2.45) is 7.05 Å². The first-order valence-corrected chi connectivity index (χ1v) is 8.56. The van der Waals surface area contributed by atoms with Crippen LogP contribution in [0.2, 0.25) is 5.02 Å². The molecular weight excluding hydrogens is 357 g/mol. The lowest BCUT2D eigenvalue weighted by Crippen LogP contribution is -2.45. The van der Waals surface area contributed by atoms with E-state index in [0.717, 1.165) is 48.1 Å². The third-order valence-corrected chi connectivity index (χ3v) is 4.96. The lowest BCUT2D eigenvalue weighted by molar-refractivity contribution is 0.149. The lowest BCUT2D eigenvalue weighted by atomic mass is 10.0. The van der Waals surface area contributed by atoms with Crippen molar-refractivity contribution in [1.29, 1.82) is 0 Å². The number of aryl methyl sites for hydroxylation is 1. The van der Waals surface area contributed by atoms with E-state index in [0.29, 0.717) is 6.04 Å². The van der Waals surface area contributed by atoms with E-state index in [1.165, 1.54) is 5.56 Å². The van der Waals surface area contributed by atoms with Crippen molar-refractivity contribution in [2.75, 3.05) is 19.6 Å². The lowest BCUT2D eigenvalue weighted by Gasteiger charge is -2.36. The van der Waals surface area contributed by atoms with Crippen LogP contribution in [0, 0.1) is 0 Å². The van der Waals surface area contributed by atoms with Gasteiger partial charge in [0.1, 0.15) is 5.82 Å². The molecule has 0 spiro atoms. The van der Waals surface area contributed by atoms with Gasteiger partial charge < -0.3 is 9.88 Å². The fourth-order valence-corrected chi connectivity index (χ4v) is 3.55. The van der Waals surface area contributed by atoms with Crippen LogP contribution in [0.5, 0.6) is 0 Å². The maximum atomic E-state index is 6.13. The largest absolute Gasteiger partial charge is 0.330 e. The molecule has 1 aromatic carbocycles. The molecule has 5 nitrogen and oxygen atoms in total. The van der Waals surface area contributed by atoms with Gasteiger partial charge in [0.15, 0.2) is 0 Å². The molecule has 4 rings (SSSR count). The summed E-state index contributed by atoms with van der Waals surface area (Å²) in [5.41, 5.74) is 3.36. The van der Waals surface area contributed by atoms with Crippen LogP contribution in [0.4, 0.5) is 0 Å². The SMILES string of the molecule is Cl.Cn1c(CN2CCNCC2c2ccncc2)nc2ccc(Cl)cc21. The number of imidazole rings is 1. The Labute approximate surface area is 158 Å². The van der Waals surface area contributed by atoms with E-state index in [-0.39, 0.29) is 12.4 Å². The number of hydrogen-bond donors (Lipinski definition) is 1. The highest BCUT2D eigenvalue weighted by Crippen LogP contribution is 2.25. The molecule has 7 heteroatoms. The standard InChI is InChI=1S/C18H20ClN5.ClH/c1-23-16-10-14(19)2-3-15(16)22-18(23)12-24-9-8-21-11-17(24)13-4-6-20-7-5-13;/h2-7,10,17,21H,8-9,11-12H2,1H3;1H. The summed E-state index contributed by atoms with van der Waals surface area (Å²) in [7, 11) is 2.06. The van der Waals surface area contributed by atoms with Crippen LogP contribution in [-0.4, -0.2) is 39.1 Å². The number of fused-ring (bicyclic) bond motifs is 1. The molecule has 0 bridgehead atoms. The van der Waals surface area contributed by atoms with E-state index in [2.05, 4.69) is 38.9 Å². The molecular formula is C18H21Cl2N5. The quantitative estimate of drug-likeness (QED) is 0.761. The Bertz CT molecular complexity index is 849. The highest BCUT2D eigenvalue weighted by atomic mass is 35.5. The zero-order chi connectivity index (χ0) is 16.5. The second kappa shape index (κ2) is 7.70. The Morgan fingerprint density at radius 1 is 1.24 bits per heavy atom. The summed E-state index contributed by atoms with van der Waals surface area (Å²) in [6, 6.07) is 10.4. The van der Waals surface area contributed by atoms with Crippen molar-refractivity contribution in [2.45, 2.75) is 12.6 Å². The predicted octanol–water partition coefficient (Wildman–Crippen LogP) is 3.19. The van der Waals surface area contributed by atoms with E-state index < -0.39 is 0 Å². The maximum absolute atomic E-state index is 6.13. The number of benzene rings is 1. The molecule has 25 heavy (non-hydrogen) atoms. The number of piperazine rings is 1. The van der Waals surface area contributed by atoms with Gasteiger partial charge in [0.25, 0.3) is 0 Å². The van der Waals surface area contributed by atoms with Gasteiger partial charge in [-0.25, -0.2) is 4.98 Å². The first kappa shape index (κ1) is 18.1. The highest BCUT2D eigenvalue weighted by Gasteiger charge is 2.25. The van der Waals surface area contributed by atoms with Crippen LogP contribution in [0.1, 0.15) is 17.4 Å². The van der Waals surface area contributed by atoms with E-state index >= 15 is 0 Å². The van der Waals surface area contributed by atoms with Gasteiger partial charge in [-0.2, -0.15) is 0 Å². The Balaban J connectivity index is 0.00000182. The van der Waals surface area contributed by atoms with Gasteiger partial charge in [-0.1, -0.05) is 11.6 Å². The van der Waals surface area contributed by atoms with E-state index in [1.807, 2.05) is 30.6 Å². The van der Waals surface area contributed by atoms with Gasteiger partial charge in [-0.05, 0) is 35.9 Å². The van der Waals surface area contributed by atoms with Gasteiger partial charge in [0, 0.05) is 50.1 Å². The molecule has 3 aromatic rings. The number of nitrogens with zero attached hydrogens (tertiary/aromatic N) is 4.